The molecule has 0 radical (unpaired) electrons. The van der Waals surface area contributed by atoms with Crippen LogP contribution in [0.1, 0.15) is 29.9 Å². The molecule has 2 unspecified atom stereocenters. The number of carbonyl (C=O) groups is 1. The van der Waals surface area contributed by atoms with E-state index < -0.39 is 0 Å². The normalized spacial score (nSPS) is 22.7. The molecule has 2 aromatic rings. The third kappa shape index (κ3) is 2.47. The minimum absolute atomic E-state index is 0.0278. The van der Waals surface area contributed by atoms with Crippen molar-refractivity contribution in [3.8, 4) is 0 Å². The summed E-state index contributed by atoms with van der Waals surface area (Å²) in [5.41, 5.74) is 0.622. The Morgan fingerprint density at radius 3 is 2.71 bits per heavy atom. The zero-order valence-corrected chi connectivity index (χ0v) is 13.0. The molecule has 0 aliphatic carbocycles. The predicted molar refractivity (Wildman–Crippen MR) is 80.0 cm³/mol. The molecule has 0 N–H and O–H groups in total. The summed E-state index contributed by atoms with van der Waals surface area (Å²) in [6.07, 6.45) is 1.33. The first-order valence-electron chi connectivity index (χ1n) is 6.88. The fourth-order valence-electron chi connectivity index (χ4n) is 2.69. The number of nitrogens with zero attached hydrogens (tertiary/aromatic N) is 3. The number of amides is 1. The second-order valence-corrected chi connectivity index (χ2v) is 6.28. The van der Waals surface area contributed by atoms with Gasteiger partial charge < -0.3 is 9.64 Å². The van der Waals surface area contributed by atoms with Crippen LogP contribution in [0.15, 0.2) is 16.4 Å². The van der Waals surface area contributed by atoms with Crippen molar-refractivity contribution in [1.29, 1.82) is 0 Å². The van der Waals surface area contributed by atoms with Crippen molar-refractivity contribution in [3.05, 3.63) is 33.2 Å². The maximum absolute atomic E-state index is 12.6. The first-order chi connectivity index (χ1) is 9.97. The number of hydrogen-bond donors (Lipinski definition) is 0. The summed E-state index contributed by atoms with van der Waals surface area (Å²) in [7, 11) is 0. The minimum atomic E-state index is -0.296. The van der Waals surface area contributed by atoms with Gasteiger partial charge in [-0.05, 0) is 20.8 Å². The van der Waals surface area contributed by atoms with Crippen molar-refractivity contribution in [3.63, 3.8) is 0 Å². The summed E-state index contributed by atoms with van der Waals surface area (Å²) in [5, 5.41) is 1.86. The smallest absolute Gasteiger partial charge is 0.271 e. The third-order valence-corrected chi connectivity index (χ3v) is 4.51. The quantitative estimate of drug-likeness (QED) is 0.797. The third-order valence-electron chi connectivity index (χ3n) is 3.55. The lowest BCUT2D eigenvalue weighted by Crippen LogP contribution is -2.49. The van der Waals surface area contributed by atoms with Gasteiger partial charge in [-0.2, -0.15) is 0 Å². The molecule has 0 bridgehead atoms. The fraction of sp³-hybridized carbons (Fsp3) is 0.500. The van der Waals surface area contributed by atoms with Crippen molar-refractivity contribution >= 4 is 22.2 Å². The van der Waals surface area contributed by atoms with Gasteiger partial charge in [-0.1, -0.05) is 0 Å². The second kappa shape index (κ2) is 5.23. The lowest BCUT2D eigenvalue weighted by Gasteiger charge is -2.35. The van der Waals surface area contributed by atoms with E-state index in [0.29, 0.717) is 18.1 Å². The molecule has 3 heterocycles. The summed E-state index contributed by atoms with van der Waals surface area (Å²) in [4.78, 5) is 31.6. The topological polar surface area (TPSA) is 63.9 Å². The molecule has 112 valence electrons. The number of ether oxygens (including phenoxy) is 1. The molecule has 2 atom stereocenters. The molecule has 1 aliphatic rings. The molecule has 7 heteroatoms. The molecule has 1 aliphatic heterocycles. The first kappa shape index (κ1) is 14.2. The largest absolute Gasteiger partial charge is 0.372 e. The molecular weight excluding hydrogens is 290 g/mol. The average Bonchev–Trinajstić information content (AvgIpc) is 2.80. The van der Waals surface area contributed by atoms with E-state index in [1.165, 1.54) is 21.9 Å². The van der Waals surface area contributed by atoms with E-state index >= 15 is 0 Å². The van der Waals surface area contributed by atoms with Gasteiger partial charge in [-0.3, -0.25) is 14.0 Å². The molecule has 0 spiro atoms. The van der Waals surface area contributed by atoms with Crippen molar-refractivity contribution in [2.75, 3.05) is 13.1 Å². The monoisotopic (exact) mass is 307 g/mol. The Balaban J connectivity index is 2.00. The highest BCUT2D eigenvalue weighted by Crippen LogP contribution is 2.15. The van der Waals surface area contributed by atoms with E-state index in [0.717, 1.165) is 5.69 Å². The van der Waals surface area contributed by atoms with Crippen molar-refractivity contribution < 1.29 is 9.53 Å². The number of fused-ring (bicyclic) bond motifs is 1. The van der Waals surface area contributed by atoms with Gasteiger partial charge in [0.25, 0.3) is 11.5 Å². The molecule has 6 nitrogen and oxygen atoms in total. The van der Waals surface area contributed by atoms with Gasteiger partial charge in [-0.25, -0.2) is 4.98 Å². The molecule has 0 saturated carbocycles. The first-order valence-corrected chi connectivity index (χ1v) is 7.76. The van der Waals surface area contributed by atoms with E-state index in [1.54, 1.807) is 4.90 Å². The van der Waals surface area contributed by atoms with E-state index in [2.05, 4.69) is 4.98 Å². The zero-order chi connectivity index (χ0) is 15.1. The van der Waals surface area contributed by atoms with E-state index in [1.807, 2.05) is 26.2 Å². The Bertz CT molecular complexity index is 741. The Morgan fingerprint density at radius 1 is 1.38 bits per heavy atom. The summed E-state index contributed by atoms with van der Waals surface area (Å²) >= 11 is 1.39. The van der Waals surface area contributed by atoms with E-state index in [4.69, 9.17) is 4.74 Å². The van der Waals surface area contributed by atoms with Gasteiger partial charge >= 0.3 is 0 Å². The van der Waals surface area contributed by atoms with E-state index in [9.17, 15) is 9.59 Å². The van der Waals surface area contributed by atoms with Gasteiger partial charge in [-0.15, -0.1) is 11.3 Å². The van der Waals surface area contributed by atoms with Crippen LogP contribution in [0.2, 0.25) is 0 Å². The SMILES string of the molecule is Cc1csc2ncc(C(=O)N3CC(C)OC(C)C3)c(=O)n12. The Kier molecular flexibility index (Phi) is 3.54. The van der Waals surface area contributed by atoms with Gasteiger partial charge in [0.05, 0.1) is 12.2 Å². The van der Waals surface area contributed by atoms with Gasteiger partial charge in [0.1, 0.15) is 5.56 Å². The van der Waals surface area contributed by atoms with Crippen LogP contribution in [0.25, 0.3) is 4.96 Å². The highest BCUT2D eigenvalue weighted by molar-refractivity contribution is 7.15. The number of morpholine rings is 1. The van der Waals surface area contributed by atoms with Crippen LogP contribution < -0.4 is 5.56 Å². The van der Waals surface area contributed by atoms with Crippen LogP contribution in [0.4, 0.5) is 0 Å². The number of aromatic nitrogens is 2. The Labute approximate surface area is 126 Å². The lowest BCUT2D eigenvalue weighted by atomic mass is 10.2. The van der Waals surface area contributed by atoms with Crippen LogP contribution in [0.3, 0.4) is 0 Å². The maximum Gasteiger partial charge on any atom is 0.271 e. The molecule has 0 aromatic carbocycles. The second-order valence-electron chi connectivity index (χ2n) is 5.44. The van der Waals surface area contributed by atoms with Crippen molar-refractivity contribution in [2.45, 2.75) is 33.0 Å². The van der Waals surface area contributed by atoms with Gasteiger partial charge in [0.15, 0.2) is 4.96 Å². The van der Waals surface area contributed by atoms with Crippen LogP contribution >= 0.6 is 11.3 Å². The summed E-state index contributed by atoms with van der Waals surface area (Å²) in [6.45, 7) is 6.67. The minimum Gasteiger partial charge on any atom is -0.372 e. The number of carbonyl (C=O) groups excluding carboxylic acids is 1. The summed E-state index contributed by atoms with van der Waals surface area (Å²) < 4.78 is 7.11. The Hall–Kier alpha value is -1.73. The Morgan fingerprint density at radius 2 is 2.05 bits per heavy atom. The predicted octanol–water partition coefficient (Wildman–Crippen LogP) is 1.31. The van der Waals surface area contributed by atoms with Crippen molar-refractivity contribution in [2.24, 2.45) is 0 Å². The van der Waals surface area contributed by atoms with Crippen LogP contribution in [-0.2, 0) is 4.74 Å². The molecule has 1 saturated heterocycles. The maximum atomic E-state index is 12.6. The lowest BCUT2D eigenvalue weighted by molar-refractivity contribution is -0.0586. The number of hydrogen-bond acceptors (Lipinski definition) is 5. The average molecular weight is 307 g/mol. The molecule has 3 rings (SSSR count). The van der Waals surface area contributed by atoms with Gasteiger partial charge in [0.2, 0.25) is 0 Å². The van der Waals surface area contributed by atoms with E-state index in [-0.39, 0.29) is 29.2 Å². The number of aryl methyl sites for hydroxylation is 1. The zero-order valence-electron chi connectivity index (χ0n) is 12.2. The molecule has 2 aromatic heterocycles. The number of thiazole rings is 1. The molecule has 1 amide bonds. The number of rotatable bonds is 1. The molecular formula is C14H17N3O3S. The fourth-order valence-corrected chi connectivity index (χ4v) is 3.51. The molecule has 21 heavy (non-hydrogen) atoms. The van der Waals surface area contributed by atoms with Crippen LogP contribution in [-0.4, -0.2) is 45.5 Å². The molecule has 1 fully saturated rings. The highest BCUT2D eigenvalue weighted by atomic mass is 32.1. The van der Waals surface area contributed by atoms with Crippen molar-refractivity contribution in [1.82, 2.24) is 14.3 Å². The van der Waals surface area contributed by atoms with Crippen LogP contribution in [0.5, 0.6) is 0 Å². The standard InChI is InChI=1S/C14H17N3O3S/c1-8-7-21-14-15-4-11(13(19)17(8)14)12(18)16-5-9(2)20-10(3)6-16/h4,7,9-10H,5-6H2,1-3H3. The summed E-state index contributed by atoms with van der Waals surface area (Å²) in [6, 6.07) is 0. The van der Waals surface area contributed by atoms with Gasteiger partial charge in [0, 0.05) is 30.4 Å². The van der Waals surface area contributed by atoms with Crippen LogP contribution in [0, 0.1) is 6.92 Å². The highest BCUT2D eigenvalue weighted by Gasteiger charge is 2.28. The summed E-state index contributed by atoms with van der Waals surface area (Å²) in [5.74, 6) is -0.269.